The molecule has 0 spiro atoms. The maximum absolute atomic E-state index is 12.4. The van der Waals surface area contributed by atoms with Crippen LogP contribution in [0.3, 0.4) is 0 Å². The summed E-state index contributed by atoms with van der Waals surface area (Å²) in [6, 6.07) is 0.151. The first-order chi connectivity index (χ1) is 10.8. The Hall–Kier alpha value is -1.96. The summed E-state index contributed by atoms with van der Waals surface area (Å²) >= 11 is 0. The predicted octanol–water partition coefficient (Wildman–Crippen LogP) is 1.84. The third-order valence-electron chi connectivity index (χ3n) is 4.74. The average Bonchev–Trinajstić information content (AvgIpc) is 2.97. The lowest BCUT2D eigenvalue weighted by Crippen LogP contribution is -2.62. The minimum atomic E-state index is -0.498. The van der Waals surface area contributed by atoms with Gasteiger partial charge in [-0.1, -0.05) is 13.8 Å². The Morgan fingerprint density at radius 2 is 2.30 bits per heavy atom. The van der Waals surface area contributed by atoms with Crippen molar-refractivity contribution in [2.45, 2.75) is 52.3 Å². The van der Waals surface area contributed by atoms with Gasteiger partial charge >= 0.3 is 5.69 Å². The topological polar surface area (TPSA) is 90.5 Å². The number of aromatic nitrogens is 2. The lowest BCUT2D eigenvalue weighted by atomic mass is 9.63. The number of carbonyl (C=O) groups excluding carboxylic acids is 1. The van der Waals surface area contributed by atoms with Crippen LogP contribution in [0.4, 0.5) is 5.69 Å². The molecule has 0 N–H and O–H groups in total. The maximum atomic E-state index is 12.4. The Morgan fingerprint density at radius 3 is 2.83 bits per heavy atom. The van der Waals surface area contributed by atoms with Crippen LogP contribution in [0.15, 0.2) is 12.4 Å². The normalized spacial score (nSPS) is 22.4. The van der Waals surface area contributed by atoms with Crippen molar-refractivity contribution in [1.82, 2.24) is 14.7 Å². The Kier molecular flexibility index (Phi) is 5.03. The largest absolute Gasteiger partial charge is 0.378 e. The molecule has 8 nitrogen and oxygen atoms in total. The van der Waals surface area contributed by atoms with Gasteiger partial charge in [-0.05, 0) is 13.3 Å². The third kappa shape index (κ3) is 3.52. The molecular formula is C15H24N4O4. The van der Waals surface area contributed by atoms with Crippen molar-refractivity contribution < 1.29 is 14.5 Å². The van der Waals surface area contributed by atoms with Crippen LogP contribution in [0.5, 0.6) is 0 Å². The van der Waals surface area contributed by atoms with Gasteiger partial charge in [0.25, 0.3) is 0 Å². The van der Waals surface area contributed by atoms with Crippen molar-refractivity contribution in [2.75, 3.05) is 13.7 Å². The number of ether oxygens (including phenoxy) is 1. The van der Waals surface area contributed by atoms with E-state index >= 15 is 0 Å². The Labute approximate surface area is 135 Å². The molecule has 0 radical (unpaired) electrons. The predicted molar refractivity (Wildman–Crippen MR) is 83.9 cm³/mol. The maximum Gasteiger partial charge on any atom is 0.306 e. The average molecular weight is 324 g/mol. The molecule has 0 saturated heterocycles. The van der Waals surface area contributed by atoms with Crippen molar-refractivity contribution >= 4 is 11.6 Å². The molecule has 128 valence electrons. The molecule has 1 amide bonds. The molecule has 2 atom stereocenters. The molecule has 1 aliphatic rings. The van der Waals surface area contributed by atoms with Crippen LogP contribution in [-0.2, 0) is 16.1 Å². The summed E-state index contributed by atoms with van der Waals surface area (Å²) in [6.45, 7) is 7.21. The molecule has 1 saturated carbocycles. The first kappa shape index (κ1) is 17.4. The minimum Gasteiger partial charge on any atom is -0.378 e. The van der Waals surface area contributed by atoms with Crippen LogP contribution in [0.25, 0.3) is 0 Å². The first-order valence-corrected chi connectivity index (χ1v) is 7.81. The summed E-state index contributed by atoms with van der Waals surface area (Å²) in [6.07, 6.45) is 3.82. The van der Waals surface area contributed by atoms with Gasteiger partial charge < -0.3 is 9.64 Å². The van der Waals surface area contributed by atoms with Gasteiger partial charge in [0.1, 0.15) is 12.4 Å². The fraction of sp³-hybridized carbons (Fsp3) is 0.733. The highest BCUT2D eigenvalue weighted by molar-refractivity contribution is 5.76. The number of hydrogen-bond donors (Lipinski definition) is 0. The smallest absolute Gasteiger partial charge is 0.306 e. The van der Waals surface area contributed by atoms with E-state index in [1.807, 2.05) is 14.0 Å². The molecule has 0 bridgehead atoms. The summed E-state index contributed by atoms with van der Waals surface area (Å²) in [4.78, 5) is 24.2. The zero-order chi connectivity index (χ0) is 17.2. The number of carbonyl (C=O) groups is 1. The molecule has 2 unspecified atom stereocenters. The van der Waals surface area contributed by atoms with Crippen LogP contribution in [0.1, 0.15) is 33.6 Å². The Morgan fingerprint density at radius 1 is 1.61 bits per heavy atom. The van der Waals surface area contributed by atoms with Gasteiger partial charge in [0.2, 0.25) is 5.91 Å². The van der Waals surface area contributed by atoms with E-state index in [9.17, 15) is 14.9 Å². The molecular weight excluding hydrogens is 300 g/mol. The zero-order valence-corrected chi connectivity index (χ0v) is 14.1. The molecule has 1 aromatic heterocycles. The van der Waals surface area contributed by atoms with Gasteiger partial charge in [-0.3, -0.25) is 19.6 Å². The second-order valence-electron chi connectivity index (χ2n) is 6.49. The SMILES string of the molecule is CCOC1CC(N(C)C(=O)CCn2cc([N+](=O)[O-])cn2)C1(C)C. The molecule has 0 aliphatic heterocycles. The van der Waals surface area contributed by atoms with E-state index in [0.29, 0.717) is 13.2 Å². The standard InChI is InChI=1S/C15H24N4O4/c1-5-23-13-8-12(15(13,2)3)17(4)14(20)6-7-18-10-11(9-16-18)19(21)22/h9-10,12-13H,5-8H2,1-4H3. The van der Waals surface area contributed by atoms with Gasteiger partial charge in [-0.15, -0.1) is 0 Å². The highest BCUT2D eigenvalue weighted by Crippen LogP contribution is 2.45. The summed E-state index contributed by atoms with van der Waals surface area (Å²) in [5.74, 6) is 0.0103. The lowest BCUT2D eigenvalue weighted by molar-refractivity contribution is -0.385. The number of hydrogen-bond acceptors (Lipinski definition) is 5. The van der Waals surface area contributed by atoms with Gasteiger partial charge in [0.15, 0.2) is 0 Å². The second kappa shape index (κ2) is 6.66. The molecule has 8 heteroatoms. The fourth-order valence-electron chi connectivity index (χ4n) is 3.14. The zero-order valence-electron chi connectivity index (χ0n) is 14.1. The van der Waals surface area contributed by atoms with Gasteiger partial charge in [0.05, 0.1) is 11.0 Å². The second-order valence-corrected chi connectivity index (χ2v) is 6.49. The van der Waals surface area contributed by atoms with Crippen molar-refractivity contribution in [1.29, 1.82) is 0 Å². The minimum absolute atomic E-state index is 0.0103. The molecule has 23 heavy (non-hydrogen) atoms. The first-order valence-electron chi connectivity index (χ1n) is 7.81. The summed E-state index contributed by atoms with van der Waals surface area (Å²) < 4.78 is 7.12. The number of nitrogens with zero attached hydrogens (tertiary/aromatic N) is 4. The highest BCUT2D eigenvalue weighted by Gasteiger charge is 2.51. The number of rotatable bonds is 7. The monoisotopic (exact) mass is 324 g/mol. The number of amides is 1. The molecule has 1 heterocycles. The van der Waals surface area contributed by atoms with E-state index in [4.69, 9.17) is 4.74 Å². The summed E-state index contributed by atoms with van der Waals surface area (Å²) in [5.41, 5.74) is -0.129. The van der Waals surface area contributed by atoms with E-state index in [1.54, 1.807) is 4.90 Å². The van der Waals surface area contributed by atoms with Crippen LogP contribution >= 0.6 is 0 Å². The van der Waals surface area contributed by atoms with Crippen molar-refractivity contribution in [3.63, 3.8) is 0 Å². The summed E-state index contributed by atoms with van der Waals surface area (Å²) in [7, 11) is 1.81. The van der Waals surface area contributed by atoms with E-state index in [-0.39, 0.29) is 35.6 Å². The van der Waals surface area contributed by atoms with Crippen molar-refractivity contribution in [2.24, 2.45) is 5.41 Å². The third-order valence-corrected chi connectivity index (χ3v) is 4.74. The van der Waals surface area contributed by atoms with Gasteiger partial charge in [0, 0.05) is 38.1 Å². The summed E-state index contributed by atoms with van der Waals surface area (Å²) in [5, 5.41) is 14.5. The highest BCUT2D eigenvalue weighted by atomic mass is 16.6. The Bertz CT molecular complexity index is 584. The van der Waals surface area contributed by atoms with E-state index in [2.05, 4.69) is 18.9 Å². The van der Waals surface area contributed by atoms with E-state index in [0.717, 1.165) is 6.42 Å². The van der Waals surface area contributed by atoms with Crippen LogP contribution in [0.2, 0.25) is 0 Å². The quantitative estimate of drug-likeness (QED) is 0.564. The van der Waals surface area contributed by atoms with Gasteiger partial charge in [-0.2, -0.15) is 5.10 Å². The molecule has 0 aromatic carbocycles. The number of nitro groups is 1. The molecule has 1 aromatic rings. The van der Waals surface area contributed by atoms with Crippen LogP contribution in [0, 0.1) is 15.5 Å². The molecule has 1 aliphatic carbocycles. The lowest BCUT2D eigenvalue weighted by Gasteiger charge is -2.54. The van der Waals surface area contributed by atoms with Crippen molar-refractivity contribution in [3.8, 4) is 0 Å². The van der Waals surface area contributed by atoms with Crippen LogP contribution < -0.4 is 0 Å². The van der Waals surface area contributed by atoms with E-state index < -0.39 is 4.92 Å². The Balaban J connectivity index is 1.87. The van der Waals surface area contributed by atoms with Crippen molar-refractivity contribution in [3.05, 3.63) is 22.5 Å². The number of aryl methyl sites for hydroxylation is 1. The van der Waals surface area contributed by atoms with E-state index in [1.165, 1.54) is 17.1 Å². The molecule has 1 fully saturated rings. The van der Waals surface area contributed by atoms with Gasteiger partial charge in [-0.25, -0.2) is 0 Å². The molecule has 2 rings (SSSR count). The van der Waals surface area contributed by atoms with Crippen LogP contribution in [-0.4, -0.2) is 51.3 Å². The fourth-order valence-corrected chi connectivity index (χ4v) is 3.14.